The molecule has 0 atom stereocenters. The van der Waals surface area contributed by atoms with E-state index in [1.54, 1.807) is 93.9 Å². The smallest absolute Gasteiger partial charge is 0.271 e. The molecular formula is C61H58N12O13. The molecule has 0 heterocycles. The van der Waals surface area contributed by atoms with E-state index in [2.05, 4.69) is 0 Å². The van der Waals surface area contributed by atoms with Crippen LogP contribution in [0, 0.1) is 30.3 Å². The van der Waals surface area contributed by atoms with Crippen LogP contribution in [-0.2, 0) is 0 Å². The molecule has 440 valence electrons. The third kappa shape index (κ3) is 15.0. The summed E-state index contributed by atoms with van der Waals surface area (Å²) in [5, 5.41) is 40.8. The molecule has 0 saturated heterocycles. The van der Waals surface area contributed by atoms with Crippen LogP contribution < -0.4 is 46.6 Å². The van der Waals surface area contributed by atoms with Crippen LogP contribution in [0.4, 0.5) is 68.2 Å². The first-order valence-electron chi connectivity index (χ1n) is 25.6. The lowest BCUT2D eigenvalue weighted by atomic mass is 10.0. The van der Waals surface area contributed by atoms with E-state index in [9.17, 15) is 59.1 Å². The number of rotatable bonds is 15. The van der Waals surface area contributed by atoms with Crippen LogP contribution in [0.3, 0.4) is 0 Å². The lowest BCUT2D eigenvalue weighted by Gasteiger charge is -2.22. The van der Waals surface area contributed by atoms with E-state index in [4.69, 9.17) is 22.3 Å². The molecule has 0 aliphatic rings. The van der Waals surface area contributed by atoms with Gasteiger partial charge >= 0.3 is 0 Å². The Morgan fingerprint density at radius 1 is 0.302 bits per heavy atom. The third-order valence-electron chi connectivity index (χ3n) is 13.2. The molecule has 0 bridgehead atoms. The number of hydrogen-bond acceptors (Lipinski definition) is 16. The maximum absolute atomic E-state index is 13.7. The molecule has 0 saturated carbocycles. The molecule has 0 aromatic heterocycles. The van der Waals surface area contributed by atoms with Crippen LogP contribution in [-0.4, -0.2) is 105 Å². The third-order valence-corrected chi connectivity index (χ3v) is 13.2. The number of hydrogen-bond donors (Lipinski definition) is 4. The lowest BCUT2D eigenvalue weighted by Crippen LogP contribution is -2.31. The normalized spacial score (nSPS) is 10.3. The molecule has 0 aliphatic carbocycles. The Morgan fingerprint density at radius 3 is 0.628 bits per heavy atom. The fraction of sp³-hybridized carbons (Fsp3) is 0.115. The zero-order valence-corrected chi connectivity index (χ0v) is 47.4. The summed E-state index contributed by atoms with van der Waals surface area (Å²) >= 11 is 0. The molecule has 8 rings (SSSR count). The maximum atomic E-state index is 13.7. The topological polar surface area (TPSA) is 350 Å². The standard InChI is InChI=1S/C30H24N6O9.C30H30N6O3.CH4O/c1-31(22-7-4-10-25(16-22)34(40)41)28(37)19-13-20(29(38)32(2)23-8-5-11-26(17-23)35(42)43)15-21(14-19)30(39)33(3)24-9-6-12-27(18-24)36(44)45;1-34(25-10-4-7-22(31)16-25)28(37)19-13-20(29(38)35(2)26-11-5-8-23(32)17-26)15-21(14-19)30(39)36(3)27-12-6-9-24(33)18-27;1-2/h4-18H,1-3H3;4-18H,31-33H2,1-3H3;2H,1H3. The van der Waals surface area contributed by atoms with Crippen LogP contribution in [0.25, 0.3) is 0 Å². The number of nitro groups is 3. The van der Waals surface area contributed by atoms with Crippen molar-refractivity contribution in [3.8, 4) is 0 Å². The van der Waals surface area contributed by atoms with Crippen molar-refractivity contribution >= 4 is 104 Å². The number of aliphatic hydroxyl groups is 1. The fourth-order valence-corrected chi connectivity index (χ4v) is 8.51. The second kappa shape index (κ2) is 27.7. The van der Waals surface area contributed by atoms with Gasteiger partial charge < -0.3 is 51.7 Å². The summed E-state index contributed by atoms with van der Waals surface area (Å²) in [5.74, 6) is -3.38. The first-order valence-corrected chi connectivity index (χ1v) is 25.6. The van der Waals surface area contributed by atoms with Gasteiger partial charge in [0.05, 0.1) is 31.8 Å². The lowest BCUT2D eigenvalue weighted by molar-refractivity contribution is -0.385. The average molecular weight is 1170 g/mol. The van der Waals surface area contributed by atoms with Gasteiger partial charge in [0, 0.05) is 153 Å². The number of anilines is 9. The van der Waals surface area contributed by atoms with Crippen molar-refractivity contribution in [1.82, 2.24) is 0 Å². The van der Waals surface area contributed by atoms with Crippen molar-refractivity contribution in [1.29, 1.82) is 0 Å². The van der Waals surface area contributed by atoms with E-state index in [0.29, 0.717) is 34.1 Å². The van der Waals surface area contributed by atoms with Gasteiger partial charge in [0.15, 0.2) is 0 Å². The van der Waals surface area contributed by atoms with Crippen molar-refractivity contribution in [2.45, 2.75) is 0 Å². The zero-order chi connectivity index (χ0) is 63.3. The number of nitro benzene ring substituents is 3. The number of nitrogens with two attached hydrogens (primary N) is 3. The Bertz CT molecular complexity index is 3530. The molecule has 0 radical (unpaired) electrons. The minimum absolute atomic E-state index is 0.127. The average Bonchev–Trinajstić information content (AvgIpc) is 2.58. The van der Waals surface area contributed by atoms with Crippen LogP contribution >= 0.6 is 0 Å². The van der Waals surface area contributed by atoms with Gasteiger partial charge in [-0.3, -0.25) is 59.1 Å². The number of carbonyl (C=O) groups excluding carboxylic acids is 6. The molecule has 0 spiro atoms. The highest BCUT2D eigenvalue weighted by Gasteiger charge is 2.27. The van der Waals surface area contributed by atoms with Crippen molar-refractivity contribution in [3.05, 3.63) is 246 Å². The van der Waals surface area contributed by atoms with E-state index in [1.807, 2.05) is 0 Å². The Labute approximate surface area is 492 Å². The molecule has 25 nitrogen and oxygen atoms in total. The SMILES string of the molecule is CN(C(=O)c1cc(C(=O)N(C)c2cccc(N)c2)cc(C(=O)N(C)c2cccc(N)c2)c1)c1cccc(N)c1.CN(C(=O)c1cc(C(=O)N(C)c2cccc([N+](=O)[O-])c2)cc(C(=O)N(C)c2cccc([N+](=O)[O-])c2)c1)c1cccc([N+](=O)[O-])c1.CO. The summed E-state index contributed by atoms with van der Waals surface area (Å²) in [6, 6.07) is 44.7. The van der Waals surface area contributed by atoms with Gasteiger partial charge in [-0.15, -0.1) is 0 Å². The maximum Gasteiger partial charge on any atom is 0.271 e. The summed E-state index contributed by atoms with van der Waals surface area (Å²) in [6.07, 6.45) is 0. The number of aliphatic hydroxyl groups excluding tert-OH is 1. The van der Waals surface area contributed by atoms with Crippen molar-refractivity contribution in [2.75, 3.05) is 96.0 Å². The van der Waals surface area contributed by atoms with Gasteiger partial charge in [-0.2, -0.15) is 0 Å². The highest BCUT2D eigenvalue weighted by atomic mass is 16.6. The van der Waals surface area contributed by atoms with E-state index >= 15 is 0 Å². The van der Waals surface area contributed by atoms with Gasteiger partial charge in [0.25, 0.3) is 52.5 Å². The number of nitrogen functional groups attached to an aromatic ring is 3. The summed E-state index contributed by atoms with van der Waals surface area (Å²) in [5.41, 5.74) is 20.7. The molecule has 0 unspecified atom stereocenters. The number of nitrogens with zero attached hydrogens (tertiary/aromatic N) is 9. The van der Waals surface area contributed by atoms with Crippen LogP contribution in [0.15, 0.2) is 182 Å². The predicted octanol–water partition coefficient (Wildman–Crippen LogP) is 9.11. The van der Waals surface area contributed by atoms with Crippen molar-refractivity contribution in [2.24, 2.45) is 0 Å². The number of non-ortho nitro benzene ring substituents is 3. The fourth-order valence-electron chi connectivity index (χ4n) is 8.51. The van der Waals surface area contributed by atoms with Crippen LogP contribution in [0.2, 0.25) is 0 Å². The van der Waals surface area contributed by atoms with Crippen LogP contribution in [0.5, 0.6) is 0 Å². The van der Waals surface area contributed by atoms with Gasteiger partial charge in [0.1, 0.15) is 0 Å². The number of amides is 6. The molecule has 8 aromatic rings. The van der Waals surface area contributed by atoms with Gasteiger partial charge in [-0.05, 0) is 109 Å². The van der Waals surface area contributed by atoms with E-state index in [1.165, 1.54) is 145 Å². The first-order chi connectivity index (χ1) is 40.8. The molecule has 7 N–H and O–H groups in total. The molecule has 6 amide bonds. The number of benzene rings is 8. The predicted molar refractivity (Wildman–Crippen MR) is 329 cm³/mol. The van der Waals surface area contributed by atoms with E-state index in [-0.39, 0.29) is 67.5 Å². The van der Waals surface area contributed by atoms with E-state index < -0.39 is 50.2 Å². The molecule has 25 heteroatoms. The molecular weight excluding hydrogens is 1110 g/mol. The second-order valence-electron chi connectivity index (χ2n) is 18.9. The zero-order valence-electron chi connectivity index (χ0n) is 47.4. The van der Waals surface area contributed by atoms with Crippen molar-refractivity contribution < 1.29 is 48.6 Å². The Hall–Kier alpha value is -11.9. The van der Waals surface area contributed by atoms with Crippen LogP contribution in [0.1, 0.15) is 62.1 Å². The Kier molecular flexibility index (Phi) is 20.4. The molecule has 0 fully saturated rings. The largest absolute Gasteiger partial charge is 0.400 e. The molecule has 0 aliphatic heterocycles. The Morgan fingerprint density at radius 2 is 0.465 bits per heavy atom. The quantitative estimate of drug-likeness (QED) is 0.0422. The number of carbonyl (C=O) groups is 6. The highest BCUT2D eigenvalue weighted by molar-refractivity contribution is 6.16. The van der Waals surface area contributed by atoms with Crippen molar-refractivity contribution in [3.63, 3.8) is 0 Å². The molecule has 86 heavy (non-hydrogen) atoms. The van der Waals surface area contributed by atoms with Gasteiger partial charge in [-0.1, -0.05) is 36.4 Å². The summed E-state index contributed by atoms with van der Waals surface area (Å²) in [4.78, 5) is 121. The van der Waals surface area contributed by atoms with Gasteiger partial charge in [-0.25, -0.2) is 0 Å². The summed E-state index contributed by atoms with van der Waals surface area (Å²) in [7, 11) is 9.89. The monoisotopic (exact) mass is 1170 g/mol. The molecule has 8 aromatic carbocycles. The highest BCUT2D eigenvalue weighted by Crippen LogP contribution is 2.29. The second-order valence-corrected chi connectivity index (χ2v) is 18.9. The van der Waals surface area contributed by atoms with Gasteiger partial charge in [0.2, 0.25) is 0 Å². The summed E-state index contributed by atoms with van der Waals surface area (Å²) < 4.78 is 0. The Balaban J connectivity index is 0.000000270. The van der Waals surface area contributed by atoms with E-state index in [0.717, 1.165) is 21.8 Å². The first kappa shape index (κ1) is 63.3. The minimum atomic E-state index is -0.713. The minimum Gasteiger partial charge on any atom is -0.400 e. The summed E-state index contributed by atoms with van der Waals surface area (Å²) in [6.45, 7) is 0.